The standard InChI is InChI=1S/C11H24O2S.C10H22O2S.C9H20O2S/c1-8(2)10(9(3)4)11(5,6)14-13-12-7;1-8(2)10(9(3)4)6-7-13(5,11)12;1-7(2)9(8(3)4)6-12-11-10-5/h8-10H,1-7H3;8-10H,6-7H2,1-5H3;7-9H,6H2,1-5H3. The Bertz CT molecular complexity index is 638. The molecule has 9 heteroatoms. The summed E-state index contributed by atoms with van der Waals surface area (Å²) in [7, 11) is 0.293. The molecule has 0 saturated carbocycles. The molecule has 0 aromatic rings. The van der Waals surface area contributed by atoms with E-state index >= 15 is 0 Å². The lowest BCUT2D eigenvalue weighted by atomic mass is 9.77. The summed E-state index contributed by atoms with van der Waals surface area (Å²) in [6.45, 7) is 31.1. The van der Waals surface area contributed by atoms with E-state index in [1.807, 2.05) is 0 Å². The Morgan fingerprint density at radius 2 is 1.03 bits per heavy atom. The van der Waals surface area contributed by atoms with Crippen LogP contribution >= 0.6 is 24.1 Å². The van der Waals surface area contributed by atoms with Crippen molar-refractivity contribution in [1.82, 2.24) is 0 Å². The molecule has 0 N–H and O–H groups in total. The molecule has 0 atom stereocenters. The number of hydrogen-bond acceptors (Lipinski definition) is 8. The van der Waals surface area contributed by atoms with Crippen LogP contribution in [0.25, 0.3) is 0 Å². The van der Waals surface area contributed by atoms with Crippen molar-refractivity contribution in [2.24, 2.45) is 53.3 Å². The Kier molecular flexibility index (Phi) is 25.9. The number of sulfone groups is 1. The molecule has 0 aliphatic carbocycles. The van der Waals surface area contributed by atoms with Crippen molar-refractivity contribution in [3.05, 3.63) is 0 Å². The van der Waals surface area contributed by atoms with Gasteiger partial charge in [0.05, 0.1) is 20.0 Å². The topological polar surface area (TPSA) is 71.1 Å². The first kappa shape index (κ1) is 43.9. The van der Waals surface area contributed by atoms with Crippen LogP contribution in [0.2, 0.25) is 0 Å². The van der Waals surface area contributed by atoms with Crippen molar-refractivity contribution in [2.45, 2.75) is 108 Å². The van der Waals surface area contributed by atoms with Gasteiger partial charge in [-0.25, -0.2) is 18.2 Å². The molecule has 0 spiro atoms. The molecule has 0 aliphatic rings. The summed E-state index contributed by atoms with van der Waals surface area (Å²) in [5, 5.41) is 0. The van der Waals surface area contributed by atoms with Crippen LogP contribution in [0.4, 0.5) is 0 Å². The zero-order chi connectivity index (χ0) is 31.6. The zero-order valence-corrected chi connectivity index (χ0v) is 30.9. The Balaban J connectivity index is -0.000000500. The largest absolute Gasteiger partial charge is 0.229 e. The lowest BCUT2D eigenvalue weighted by Gasteiger charge is -2.37. The second kappa shape index (κ2) is 23.0. The van der Waals surface area contributed by atoms with Gasteiger partial charge in [-0.05, 0) is 73.5 Å². The quantitative estimate of drug-likeness (QED) is 0.0691. The molecule has 0 saturated heterocycles. The molecular weight excluding hydrogens is 553 g/mol. The molecule has 0 amide bonds. The van der Waals surface area contributed by atoms with Gasteiger partial charge in [0.1, 0.15) is 9.84 Å². The zero-order valence-electron chi connectivity index (χ0n) is 28.5. The maximum atomic E-state index is 11.0. The van der Waals surface area contributed by atoms with Crippen LogP contribution in [0.3, 0.4) is 0 Å². The summed E-state index contributed by atoms with van der Waals surface area (Å²) in [5.74, 6) is 7.02. The molecule has 6 nitrogen and oxygen atoms in total. The fourth-order valence-corrected chi connectivity index (χ4v) is 8.33. The van der Waals surface area contributed by atoms with E-state index in [-0.39, 0.29) is 4.75 Å². The minimum absolute atomic E-state index is 0.0817. The van der Waals surface area contributed by atoms with E-state index in [9.17, 15) is 8.42 Å². The lowest BCUT2D eigenvalue weighted by Crippen LogP contribution is -2.35. The maximum absolute atomic E-state index is 11.0. The second-order valence-electron chi connectivity index (χ2n) is 13.2. The first-order valence-corrected chi connectivity index (χ1v) is 18.3. The molecule has 0 unspecified atom stereocenters. The minimum Gasteiger partial charge on any atom is -0.229 e. The van der Waals surface area contributed by atoms with Gasteiger partial charge in [-0.1, -0.05) is 83.1 Å². The monoisotopic (exact) mass is 618 g/mol. The third-order valence-corrected chi connectivity index (χ3v) is 9.82. The molecule has 0 radical (unpaired) electrons. The summed E-state index contributed by atoms with van der Waals surface area (Å²) in [5.41, 5.74) is 0. The molecule has 240 valence electrons. The smallest absolute Gasteiger partial charge is 0.147 e. The van der Waals surface area contributed by atoms with Crippen molar-refractivity contribution < 1.29 is 26.9 Å². The number of hydrogen-bond donors (Lipinski definition) is 0. The van der Waals surface area contributed by atoms with Gasteiger partial charge in [-0.2, -0.15) is 8.67 Å². The molecule has 0 aromatic carbocycles. The van der Waals surface area contributed by atoms with Gasteiger partial charge >= 0.3 is 0 Å². The fraction of sp³-hybridized carbons (Fsp3) is 1.00. The van der Waals surface area contributed by atoms with Gasteiger partial charge in [0.15, 0.2) is 0 Å². The van der Waals surface area contributed by atoms with Crippen LogP contribution in [0.15, 0.2) is 0 Å². The van der Waals surface area contributed by atoms with E-state index in [0.717, 1.165) is 12.2 Å². The Hall–Kier alpha value is 0.490. The Morgan fingerprint density at radius 3 is 1.31 bits per heavy atom. The second-order valence-corrected chi connectivity index (χ2v) is 17.5. The van der Waals surface area contributed by atoms with Crippen LogP contribution in [0.5, 0.6) is 0 Å². The average Bonchev–Trinajstić information content (AvgIpc) is 2.73. The van der Waals surface area contributed by atoms with Crippen LogP contribution in [0, 0.1) is 53.3 Å². The van der Waals surface area contributed by atoms with Gasteiger partial charge in [-0.3, -0.25) is 0 Å². The maximum Gasteiger partial charge on any atom is 0.147 e. The predicted molar refractivity (Wildman–Crippen MR) is 174 cm³/mol. The molecule has 0 fully saturated rings. The molecule has 0 bridgehead atoms. The molecule has 0 heterocycles. The molecule has 0 aliphatic heterocycles. The van der Waals surface area contributed by atoms with Gasteiger partial charge in [0, 0.05) is 40.8 Å². The SMILES string of the molecule is CC(C)C(CCS(C)(=O)=O)C(C)C.COOSC(C)(C)C(C(C)C)C(C)C.COOSCC(C(C)C)C(C)C. The van der Waals surface area contributed by atoms with E-state index < -0.39 is 9.84 Å². The normalized spacial score (nSPS) is 12.9. The van der Waals surface area contributed by atoms with Crippen LogP contribution in [-0.2, 0) is 28.3 Å². The summed E-state index contributed by atoms with van der Waals surface area (Å²) in [6.07, 6.45) is 2.11. The van der Waals surface area contributed by atoms with E-state index in [2.05, 4.69) is 107 Å². The van der Waals surface area contributed by atoms with Crippen LogP contribution in [0.1, 0.15) is 103 Å². The van der Waals surface area contributed by atoms with Gasteiger partial charge in [0.25, 0.3) is 0 Å². The highest BCUT2D eigenvalue weighted by Gasteiger charge is 2.36. The van der Waals surface area contributed by atoms with Gasteiger partial charge in [-0.15, -0.1) is 0 Å². The van der Waals surface area contributed by atoms with Gasteiger partial charge < -0.3 is 0 Å². The van der Waals surface area contributed by atoms with Crippen molar-refractivity contribution in [2.75, 3.05) is 32.0 Å². The van der Waals surface area contributed by atoms with Crippen molar-refractivity contribution in [1.29, 1.82) is 0 Å². The van der Waals surface area contributed by atoms with E-state index in [1.54, 1.807) is 7.11 Å². The number of rotatable bonds is 17. The highest BCUT2D eigenvalue weighted by molar-refractivity contribution is 7.96. The molecule has 0 rings (SSSR count). The summed E-state index contributed by atoms with van der Waals surface area (Å²) in [4.78, 5) is 9.16. The minimum atomic E-state index is -2.79. The third-order valence-electron chi connectivity index (χ3n) is 7.18. The van der Waals surface area contributed by atoms with E-state index in [1.165, 1.54) is 37.5 Å². The van der Waals surface area contributed by atoms with Gasteiger partial charge in [0.2, 0.25) is 0 Å². The van der Waals surface area contributed by atoms with Crippen LogP contribution in [-0.4, -0.2) is 45.1 Å². The fourth-order valence-electron chi connectivity index (χ4n) is 5.65. The summed E-state index contributed by atoms with van der Waals surface area (Å²) in [6, 6.07) is 0. The van der Waals surface area contributed by atoms with Crippen molar-refractivity contribution in [3.63, 3.8) is 0 Å². The third kappa shape index (κ3) is 23.7. The predicted octanol–water partition coefficient (Wildman–Crippen LogP) is 9.41. The molecular formula is C30H66O6S3. The highest BCUT2D eigenvalue weighted by atomic mass is 32.2. The lowest BCUT2D eigenvalue weighted by molar-refractivity contribution is -0.162. The summed E-state index contributed by atoms with van der Waals surface area (Å²) < 4.78 is 31.8. The Labute approximate surface area is 253 Å². The molecule has 39 heavy (non-hydrogen) atoms. The Morgan fingerprint density at radius 1 is 0.641 bits per heavy atom. The van der Waals surface area contributed by atoms with Crippen molar-refractivity contribution in [3.8, 4) is 0 Å². The van der Waals surface area contributed by atoms with E-state index in [4.69, 9.17) is 8.67 Å². The first-order valence-electron chi connectivity index (χ1n) is 14.5. The van der Waals surface area contributed by atoms with Crippen LogP contribution < -0.4 is 0 Å². The molecule has 0 aromatic heterocycles. The highest BCUT2D eigenvalue weighted by Crippen LogP contribution is 2.41. The summed E-state index contributed by atoms with van der Waals surface area (Å²) >= 11 is 2.82. The van der Waals surface area contributed by atoms with Crippen molar-refractivity contribution >= 4 is 33.9 Å². The average molecular weight is 619 g/mol. The first-order chi connectivity index (χ1) is 17.7. The van der Waals surface area contributed by atoms with E-state index in [0.29, 0.717) is 59.0 Å².